The Bertz CT molecular complexity index is 514. The summed E-state index contributed by atoms with van der Waals surface area (Å²) >= 11 is 0. The molecule has 4 nitrogen and oxygen atoms in total. The molecule has 2 aromatic carbocycles. The second-order valence-electron chi connectivity index (χ2n) is 4.13. The number of hydrogen-bond acceptors (Lipinski definition) is 3. The molecule has 0 spiro atoms. The molecule has 0 unspecified atom stereocenters. The van der Waals surface area contributed by atoms with Crippen LogP contribution in [0, 0.1) is 0 Å². The molecule has 2 rings (SSSR count). The molecule has 2 N–H and O–H groups in total. The Morgan fingerprint density at radius 2 is 1.58 bits per heavy atom. The Balaban J connectivity index is 1.82. The van der Waals surface area contributed by atoms with Crippen LogP contribution in [0.2, 0.25) is 0 Å². The fourth-order valence-corrected chi connectivity index (χ4v) is 1.70. The molecule has 0 fully saturated rings. The molecule has 1 amide bonds. The minimum atomic E-state index is -0.387. The third kappa shape index (κ3) is 3.91. The number of hydrogen-bond donors (Lipinski definition) is 2. The molecule has 0 aliphatic carbocycles. The smallest absolute Gasteiger partial charge is 0.264 e. The minimum Gasteiger partial charge on any atom is -0.304 e. The van der Waals surface area contributed by atoms with Gasteiger partial charge < -0.3 is 5.32 Å². The highest BCUT2D eigenvalue weighted by atomic mass is 16.5. The molecule has 19 heavy (non-hydrogen) atoms. The molecule has 98 valence electrons. The molecule has 0 bridgehead atoms. The summed E-state index contributed by atoms with van der Waals surface area (Å²) in [5.74, 6) is -0.387. The number of carbonyl (C=O) groups excluding carboxylic acids is 1. The highest BCUT2D eigenvalue weighted by Gasteiger charge is 2.11. The maximum Gasteiger partial charge on any atom is 0.264 e. The van der Waals surface area contributed by atoms with E-state index >= 15 is 0 Å². The predicted octanol–water partition coefficient (Wildman–Crippen LogP) is 2.20. The SMILES string of the molecule is O=C(CNCc1ccccc1)N(O)c1ccccc1. The summed E-state index contributed by atoms with van der Waals surface area (Å²) in [4.78, 5) is 11.7. The summed E-state index contributed by atoms with van der Waals surface area (Å²) in [6, 6.07) is 18.5. The van der Waals surface area contributed by atoms with Crippen molar-refractivity contribution in [3.8, 4) is 0 Å². The second kappa shape index (κ2) is 6.68. The lowest BCUT2D eigenvalue weighted by molar-refractivity contribution is -0.122. The average Bonchev–Trinajstić information content (AvgIpc) is 2.48. The Hall–Kier alpha value is -2.17. The van der Waals surface area contributed by atoms with Crippen molar-refractivity contribution in [2.75, 3.05) is 11.6 Å². The Morgan fingerprint density at radius 3 is 2.21 bits per heavy atom. The van der Waals surface area contributed by atoms with E-state index in [-0.39, 0.29) is 12.5 Å². The number of carbonyl (C=O) groups is 1. The number of hydroxylamine groups is 1. The molecule has 0 radical (unpaired) electrons. The number of benzene rings is 2. The van der Waals surface area contributed by atoms with Crippen molar-refractivity contribution in [3.05, 3.63) is 66.2 Å². The first-order chi connectivity index (χ1) is 9.27. The van der Waals surface area contributed by atoms with E-state index in [1.807, 2.05) is 36.4 Å². The molecular weight excluding hydrogens is 240 g/mol. The highest BCUT2D eigenvalue weighted by molar-refractivity contribution is 5.92. The summed E-state index contributed by atoms with van der Waals surface area (Å²) in [6.45, 7) is 0.676. The van der Waals surface area contributed by atoms with Crippen molar-refractivity contribution in [3.63, 3.8) is 0 Å². The Kier molecular flexibility index (Phi) is 4.66. The van der Waals surface area contributed by atoms with Gasteiger partial charge in [0.1, 0.15) is 0 Å². The number of para-hydroxylation sites is 1. The van der Waals surface area contributed by atoms with E-state index in [0.29, 0.717) is 17.3 Å². The van der Waals surface area contributed by atoms with Gasteiger partial charge in [-0.3, -0.25) is 10.0 Å². The fourth-order valence-electron chi connectivity index (χ4n) is 1.70. The van der Waals surface area contributed by atoms with Crippen molar-refractivity contribution in [1.29, 1.82) is 0 Å². The Morgan fingerprint density at radius 1 is 1.00 bits per heavy atom. The van der Waals surface area contributed by atoms with E-state index in [0.717, 1.165) is 5.56 Å². The van der Waals surface area contributed by atoms with Crippen LogP contribution in [0.15, 0.2) is 60.7 Å². The minimum absolute atomic E-state index is 0.0836. The molecule has 0 aliphatic rings. The van der Waals surface area contributed by atoms with Gasteiger partial charge in [0.25, 0.3) is 5.91 Å². The lowest BCUT2D eigenvalue weighted by atomic mass is 10.2. The summed E-state index contributed by atoms with van der Waals surface area (Å²) in [5, 5.41) is 13.4. The van der Waals surface area contributed by atoms with Gasteiger partial charge in [-0.1, -0.05) is 48.5 Å². The first-order valence-corrected chi connectivity index (χ1v) is 6.09. The van der Waals surface area contributed by atoms with Gasteiger partial charge in [-0.05, 0) is 17.7 Å². The van der Waals surface area contributed by atoms with Crippen molar-refractivity contribution in [2.45, 2.75) is 6.54 Å². The largest absolute Gasteiger partial charge is 0.304 e. The molecule has 0 saturated heterocycles. The van der Waals surface area contributed by atoms with Crippen LogP contribution in [0.5, 0.6) is 0 Å². The molecular formula is C15H16N2O2. The predicted molar refractivity (Wildman–Crippen MR) is 73.9 cm³/mol. The molecule has 2 aromatic rings. The lowest BCUT2D eigenvalue weighted by Gasteiger charge is -2.15. The molecule has 0 aliphatic heterocycles. The topological polar surface area (TPSA) is 52.6 Å². The quantitative estimate of drug-likeness (QED) is 0.637. The van der Waals surface area contributed by atoms with Gasteiger partial charge in [0.05, 0.1) is 12.2 Å². The van der Waals surface area contributed by atoms with E-state index in [1.165, 1.54) is 0 Å². The number of nitrogens with one attached hydrogen (secondary N) is 1. The van der Waals surface area contributed by atoms with Gasteiger partial charge in [-0.15, -0.1) is 0 Å². The van der Waals surface area contributed by atoms with Crippen molar-refractivity contribution < 1.29 is 10.0 Å². The molecule has 0 heterocycles. The van der Waals surface area contributed by atoms with Gasteiger partial charge >= 0.3 is 0 Å². The van der Waals surface area contributed by atoms with E-state index < -0.39 is 0 Å². The van der Waals surface area contributed by atoms with Gasteiger partial charge in [0.2, 0.25) is 0 Å². The van der Waals surface area contributed by atoms with Gasteiger partial charge in [0.15, 0.2) is 0 Å². The zero-order chi connectivity index (χ0) is 13.5. The van der Waals surface area contributed by atoms with Crippen molar-refractivity contribution >= 4 is 11.6 Å². The van der Waals surface area contributed by atoms with E-state index in [4.69, 9.17) is 0 Å². The third-order valence-electron chi connectivity index (χ3n) is 2.69. The molecule has 0 atom stereocenters. The van der Waals surface area contributed by atoms with Crippen LogP contribution in [0.25, 0.3) is 0 Å². The zero-order valence-corrected chi connectivity index (χ0v) is 10.5. The van der Waals surface area contributed by atoms with Crippen LogP contribution in [0.3, 0.4) is 0 Å². The molecule has 4 heteroatoms. The number of rotatable bonds is 5. The number of amides is 1. The summed E-state index contributed by atoms with van der Waals surface area (Å²) < 4.78 is 0. The first kappa shape index (κ1) is 13.3. The molecule has 0 saturated carbocycles. The van der Waals surface area contributed by atoms with E-state index in [9.17, 15) is 10.0 Å². The van der Waals surface area contributed by atoms with Gasteiger partial charge in [0, 0.05) is 6.54 Å². The number of anilines is 1. The highest BCUT2D eigenvalue weighted by Crippen LogP contribution is 2.10. The fraction of sp³-hybridized carbons (Fsp3) is 0.133. The first-order valence-electron chi connectivity index (χ1n) is 6.09. The monoisotopic (exact) mass is 256 g/mol. The average molecular weight is 256 g/mol. The second-order valence-corrected chi connectivity index (χ2v) is 4.13. The number of nitrogens with zero attached hydrogens (tertiary/aromatic N) is 1. The van der Waals surface area contributed by atoms with E-state index in [2.05, 4.69) is 5.32 Å². The maximum atomic E-state index is 11.7. The molecule has 0 aromatic heterocycles. The van der Waals surface area contributed by atoms with Crippen LogP contribution < -0.4 is 10.4 Å². The van der Waals surface area contributed by atoms with Crippen LogP contribution in [0.4, 0.5) is 5.69 Å². The van der Waals surface area contributed by atoms with Crippen LogP contribution in [0.1, 0.15) is 5.56 Å². The van der Waals surface area contributed by atoms with Crippen molar-refractivity contribution in [2.24, 2.45) is 0 Å². The van der Waals surface area contributed by atoms with E-state index in [1.54, 1.807) is 24.3 Å². The third-order valence-corrected chi connectivity index (χ3v) is 2.69. The standard InChI is InChI=1S/C15H16N2O2/c18-15(17(19)14-9-5-2-6-10-14)12-16-11-13-7-3-1-4-8-13/h1-10,16,19H,11-12H2. The summed E-state index contributed by atoms with van der Waals surface area (Å²) in [5.41, 5.74) is 1.56. The zero-order valence-electron chi connectivity index (χ0n) is 10.5. The summed E-state index contributed by atoms with van der Waals surface area (Å²) in [7, 11) is 0. The van der Waals surface area contributed by atoms with Gasteiger partial charge in [-0.2, -0.15) is 5.06 Å². The summed E-state index contributed by atoms with van der Waals surface area (Å²) in [6.07, 6.45) is 0. The van der Waals surface area contributed by atoms with Crippen molar-refractivity contribution in [1.82, 2.24) is 5.32 Å². The van der Waals surface area contributed by atoms with Crippen LogP contribution >= 0.6 is 0 Å². The van der Waals surface area contributed by atoms with Crippen LogP contribution in [-0.4, -0.2) is 17.7 Å². The maximum absolute atomic E-state index is 11.7. The van der Waals surface area contributed by atoms with Gasteiger partial charge in [-0.25, -0.2) is 0 Å². The Labute approximate surface area is 112 Å². The lowest BCUT2D eigenvalue weighted by Crippen LogP contribution is -2.35. The van der Waals surface area contributed by atoms with Crippen LogP contribution in [-0.2, 0) is 11.3 Å². The normalized spacial score (nSPS) is 10.2.